The number of nitrogens with zero attached hydrogens (tertiary/aromatic N) is 2. The van der Waals surface area contributed by atoms with Crippen LogP contribution in [-0.4, -0.2) is 42.9 Å². The first kappa shape index (κ1) is 16.9. The minimum atomic E-state index is -0.194. The van der Waals surface area contributed by atoms with Gasteiger partial charge in [-0.1, -0.05) is 25.5 Å². The Morgan fingerprint density at radius 1 is 1.32 bits per heavy atom. The number of rotatable bonds is 5. The van der Waals surface area contributed by atoms with E-state index in [1.807, 2.05) is 25.1 Å². The number of hydrogen-bond acceptors (Lipinski definition) is 2. The quantitative estimate of drug-likeness (QED) is 0.832. The van der Waals surface area contributed by atoms with Gasteiger partial charge in [-0.2, -0.15) is 0 Å². The van der Waals surface area contributed by atoms with Crippen molar-refractivity contribution in [1.82, 2.24) is 9.80 Å². The lowest BCUT2D eigenvalue weighted by molar-refractivity contribution is -0.134. The SMILES string of the molecule is CCCCC(=O)N1CCC(c2cccc(F)c2)(N(C)C)CC1. The summed E-state index contributed by atoms with van der Waals surface area (Å²) < 4.78 is 13.6. The number of halogens is 1. The van der Waals surface area contributed by atoms with Gasteiger partial charge in [-0.05, 0) is 51.1 Å². The molecule has 1 aromatic rings. The van der Waals surface area contributed by atoms with Crippen molar-refractivity contribution in [3.63, 3.8) is 0 Å². The van der Waals surface area contributed by atoms with E-state index in [1.165, 1.54) is 6.07 Å². The van der Waals surface area contributed by atoms with Crippen LogP contribution >= 0.6 is 0 Å². The Labute approximate surface area is 133 Å². The number of carbonyl (C=O) groups is 1. The largest absolute Gasteiger partial charge is 0.343 e. The van der Waals surface area contributed by atoms with Gasteiger partial charge in [0.2, 0.25) is 5.91 Å². The standard InChI is InChI=1S/C18H27FN2O/c1-4-5-9-17(22)21-12-10-18(11-13-21,20(2)3)15-7-6-8-16(19)14-15/h6-8,14H,4-5,9-13H2,1-3H3. The Morgan fingerprint density at radius 3 is 2.55 bits per heavy atom. The van der Waals surface area contributed by atoms with Crippen molar-refractivity contribution in [3.8, 4) is 0 Å². The number of unbranched alkanes of at least 4 members (excludes halogenated alkanes) is 1. The number of carbonyl (C=O) groups excluding carboxylic acids is 1. The molecule has 0 atom stereocenters. The molecule has 1 amide bonds. The lowest BCUT2D eigenvalue weighted by Gasteiger charge is -2.46. The average Bonchev–Trinajstić information content (AvgIpc) is 2.52. The van der Waals surface area contributed by atoms with E-state index in [4.69, 9.17) is 0 Å². The maximum absolute atomic E-state index is 13.6. The van der Waals surface area contributed by atoms with Crippen LogP contribution in [0.2, 0.25) is 0 Å². The first-order valence-electron chi connectivity index (χ1n) is 8.21. The summed E-state index contributed by atoms with van der Waals surface area (Å²) in [5.74, 6) is 0.0635. The van der Waals surface area contributed by atoms with E-state index in [0.29, 0.717) is 6.42 Å². The molecule has 1 heterocycles. The highest BCUT2D eigenvalue weighted by molar-refractivity contribution is 5.76. The van der Waals surface area contributed by atoms with Gasteiger partial charge >= 0.3 is 0 Å². The third-order valence-corrected chi connectivity index (χ3v) is 4.91. The van der Waals surface area contributed by atoms with Gasteiger partial charge in [0.1, 0.15) is 5.82 Å². The minimum Gasteiger partial charge on any atom is -0.343 e. The first-order valence-corrected chi connectivity index (χ1v) is 8.21. The maximum atomic E-state index is 13.6. The molecular formula is C18H27FN2O. The van der Waals surface area contributed by atoms with Crippen molar-refractivity contribution in [2.45, 2.75) is 44.6 Å². The molecular weight excluding hydrogens is 279 g/mol. The van der Waals surface area contributed by atoms with Gasteiger partial charge in [0.05, 0.1) is 0 Å². The molecule has 4 heteroatoms. The molecule has 1 saturated heterocycles. The van der Waals surface area contributed by atoms with Crippen LogP contribution in [0.25, 0.3) is 0 Å². The van der Waals surface area contributed by atoms with Gasteiger partial charge in [0.25, 0.3) is 0 Å². The summed E-state index contributed by atoms with van der Waals surface area (Å²) in [5, 5.41) is 0. The Hall–Kier alpha value is -1.42. The smallest absolute Gasteiger partial charge is 0.222 e. The fourth-order valence-corrected chi connectivity index (χ4v) is 3.38. The summed E-state index contributed by atoms with van der Waals surface area (Å²) >= 11 is 0. The number of amides is 1. The summed E-state index contributed by atoms with van der Waals surface area (Å²) in [5.41, 5.74) is 0.835. The van der Waals surface area contributed by atoms with Crippen molar-refractivity contribution < 1.29 is 9.18 Å². The molecule has 2 rings (SSSR count). The monoisotopic (exact) mass is 306 g/mol. The summed E-state index contributed by atoms with van der Waals surface area (Å²) in [7, 11) is 4.08. The lowest BCUT2D eigenvalue weighted by atomic mass is 9.79. The summed E-state index contributed by atoms with van der Waals surface area (Å²) in [6.07, 6.45) is 4.34. The summed E-state index contributed by atoms with van der Waals surface area (Å²) in [4.78, 5) is 16.3. The number of piperidine rings is 1. The predicted molar refractivity (Wildman–Crippen MR) is 87.1 cm³/mol. The Morgan fingerprint density at radius 2 is 2.00 bits per heavy atom. The van der Waals surface area contributed by atoms with E-state index < -0.39 is 0 Å². The zero-order chi connectivity index (χ0) is 16.2. The fourth-order valence-electron chi connectivity index (χ4n) is 3.38. The average molecular weight is 306 g/mol. The molecule has 122 valence electrons. The van der Waals surface area contributed by atoms with E-state index in [0.717, 1.165) is 44.3 Å². The van der Waals surface area contributed by atoms with Crippen molar-refractivity contribution in [3.05, 3.63) is 35.6 Å². The molecule has 1 aliphatic rings. The minimum absolute atomic E-state index is 0.177. The van der Waals surface area contributed by atoms with Crippen LogP contribution < -0.4 is 0 Å². The van der Waals surface area contributed by atoms with Crippen molar-refractivity contribution in [1.29, 1.82) is 0 Å². The van der Waals surface area contributed by atoms with E-state index in [1.54, 1.807) is 12.1 Å². The highest BCUT2D eigenvalue weighted by atomic mass is 19.1. The Kier molecular flexibility index (Phi) is 5.57. The van der Waals surface area contributed by atoms with Crippen LogP contribution in [-0.2, 0) is 10.3 Å². The van der Waals surface area contributed by atoms with E-state index in [-0.39, 0.29) is 17.3 Å². The molecule has 0 saturated carbocycles. The van der Waals surface area contributed by atoms with Crippen LogP contribution in [0.4, 0.5) is 4.39 Å². The molecule has 0 aromatic heterocycles. The second kappa shape index (κ2) is 7.23. The third kappa shape index (κ3) is 3.49. The topological polar surface area (TPSA) is 23.6 Å². The van der Waals surface area contributed by atoms with E-state index >= 15 is 0 Å². The van der Waals surface area contributed by atoms with Crippen LogP contribution in [0.1, 0.15) is 44.6 Å². The molecule has 0 aliphatic carbocycles. The zero-order valence-corrected chi connectivity index (χ0v) is 13.9. The molecule has 3 nitrogen and oxygen atoms in total. The highest BCUT2D eigenvalue weighted by Gasteiger charge is 2.39. The molecule has 1 fully saturated rings. The maximum Gasteiger partial charge on any atom is 0.222 e. The summed E-state index contributed by atoms with van der Waals surface area (Å²) in [6.45, 7) is 3.60. The fraction of sp³-hybridized carbons (Fsp3) is 0.611. The zero-order valence-electron chi connectivity index (χ0n) is 13.9. The van der Waals surface area contributed by atoms with Gasteiger partial charge in [-0.25, -0.2) is 4.39 Å². The molecule has 0 N–H and O–H groups in total. The molecule has 22 heavy (non-hydrogen) atoms. The van der Waals surface area contributed by atoms with Crippen molar-refractivity contribution >= 4 is 5.91 Å². The van der Waals surface area contributed by atoms with Crippen LogP contribution in [0.5, 0.6) is 0 Å². The van der Waals surface area contributed by atoms with Crippen molar-refractivity contribution in [2.75, 3.05) is 27.2 Å². The van der Waals surface area contributed by atoms with E-state index in [9.17, 15) is 9.18 Å². The molecule has 0 bridgehead atoms. The molecule has 0 unspecified atom stereocenters. The van der Waals surface area contributed by atoms with Gasteiger partial charge in [0.15, 0.2) is 0 Å². The van der Waals surface area contributed by atoms with Crippen LogP contribution in [0.15, 0.2) is 24.3 Å². The molecule has 1 aromatic carbocycles. The second-order valence-corrected chi connectivity index (χ2v) is 6.42. The number of hydrogen-bond donors (Lipinski definition) is 0. The second-order valence-electron chi connectivity index (χ2n) is 6.42. The van der Waals surface area contributed by atoms with Crippen molar-refractivity contribution in [2.24, 2.45) is 0 Å². The third-order valence-electron chi connectivity index (χ3n) is 4.91. The van der Waals surface area contributed by atoms with Crippen LogP contribution in [0, 0.1) is 5.82 Å². The lowest BCUT2D eigenvalue weighted by Crippen LogP contribution is -2.51. The Balaban J connectivity index is 2.12. The van der Waals surface area contributed by atoms with Gasteiger partial charge < -0.3 is 4.90 Å². The van der Waals surface area contributed by atoms with Gasteiger partial charge in [-0.15, -0.1) is 0 Å². The molecule has 1 aliphatic heterocycles. The summed E-state index contributed by atoms with van der Waals surface area (Å²) in [6, 6.07) is 6.89. The van der Waals surface area contributed by atoms with Crippen LogP contribution in [0.3, 0.4) is 0 Å². The molecule has 0 radical (unpaired) electrons. The van der Waals surface area contributed by atoms with Gasteiger partial charge in [0, 0.05) is 25.0 Å². The first-order chi connectivity index (χ1) is 10.5. The number of likely N-dealkylation sites (tertiary alicyclic amines) is 1. The predicted octanol–water partition coefficient (Wildman–Crippen LogP) is 3.40. The Bertz CT molecular complexity index is 508. The van der Waals surface area contributed by atoms with Gasteiger partial charge in [-0.3, -0.25) is 9.69 Å². The number of benzene rings is 1. The normalized spacial score (nSPS) is 17.8. The highest BCUT2D eigenvalue weighted by Crippen LogP contribution is 2.37. The molecule has 0 spiro atoms. The van der Waals surface area contributed by atoms with E-state index in [2.05, 4.69) is 11.8 Å².